The highest BCUT2D eigenvalue weighted by Crippen LogP contribution is 2.34. The molecule has 0 aliphatic carbocycles. The second kappa shape index (κ2) is 10.1. The number of nitrogens with one attached hydrogen (secondary N) is 1. The van der Waals surface area contributed by atoms with E-state index in [1.54, 1.807) is 47.5 Å². The van der Waals surface area contributed by atoms with Crippen LogP contribution in [0.5, 0.6) is 5.75 Å². The van der Waals surface area contributed by atoms with E-state index in [1.807, 2.05) is 6.92 Å². The van der Waals surface area contributed by atoms with Crippen molar-refractivity contribution in [3.8, 4) is 5.75 Å². The van der Waals surface area contributed by atoms with Gasteiger partial charge in [-0.05, 0) is 56.5 Å². The summed E-state index contributed by atoms with van der Waals surface area (Å²) < 4.78 is 33.4. The second-order valence-corrected chi connectivity index (χ2v) is 11.4. The highest BCUT2D eigenvalue weighted by molar-refractivity contribution is 7.93. The fraction of sp³-hybridized carbons (Fsp3) is 0.333. The van der Waals surface area contributed by atoms with E-state index < -0.39 is 21.7 Å². The van der Waals surface area contributed by atoms with E-state index in [9.17, 15) is 18.3 Å². The van der Waals surface area contributed by atoms with Crippen LogP contribution in [0.4, 0.5) is 5.13 Å². The number of carbonyl (C=O) groups excluding carboxylic acids is 1. The molecule has 2 heterocycles. The molecule has 1 amide bonds. The molecule has 11 heteroatoms. The first-order chi connectivity index (χ1) is 16.6. The predicted octanol–water partition coefficient (Wildman–Crippen LogP) is 4.18. The van der Waals surface area contributed by atoms with Crippen molar-refractivity contribution in [3.63, 3.8) is 0 Å². The zero-order chi connectivity index (χ0) is 25.2. The Labute approximate surface area is 213 Å². The first-order valence-corrected chi connectivity index (χ1v) is 13.8. The number of sulfonamides is 1. The number of rotatable bonds is 7. The van der Waals surface area contributed by atoms with E-state index in [-0.39, 0.29) is 15.9 Å². The van der Waals surface area contributed by atoms with Crippen molar-refractivity contribution in [1.82, 2.24) is 9.88 Å². The summed E-state index contributed by atoms with van der Waals surface area (Å²) in [6.45, 7) is 4.23. The number of ether oxygens (including phenoxy) is 1. The van der Waals surface area contributed by atoms with Crippen LogP contribution < -0.4 is 9.46 Å². The zero-order valence-corrected chi connectivity index (χ0v) is 21.7. The van der Waals surface area contributed by atoms with Gasteiger partial charge in [-0.2, -0.15) is 0 Å². The van der Waals surface area contributed by atoms with Crippen LogP contribution in [0.2, 0.25) is 5.02 Å². The van der Waals surface area contributed by atoms with Gasteiger partial charge < -0.3 is 14.7 Å². The molecule has 0 unspecified atom stereocenters. The van der Waals surface area contributed by atoms with Crippen molar-refractivity contribution in [1.29, 1.82) is 0 Å². The molecule has 2 N–H and O–H groups in total. The number of anilines is 1. The van der Waals surface area contributed by atoms with Crippen LogP contribution in [0.25, 0.3) is 0 Å². The summed E-state index contributed by atoms with van der Waals surface area (Å²) >= 11 is 7.33. The quantitative estimate of drug-likeness (QED) is 0.469. The number of hydrogen-bond donors (Lipinski definition) is 2. The number of hydrogen-bond acceptors (Lipinski definition) is 7. The summed E-state index contributed by atoms with van der Waals surface area (Å²) in [5.74, 6) is 0.396. The Hall–Kier alpha value is -2.66. The van der Waals surface area contributed by atoms with Gasteiger partial charge in [-0.3, -0.25) is 9.52 Å². The monoisotopic (exact) mass is 535 g/mol. The van der Waals surface area contributed by atoms with Crippen LogP contribution in [0.1, 0.15) is 30.9 Å². The van der Waals surface area contributed by atoms with Gasteiger partial charge in [0.2, 0.25) is 0 Å². The Morgan fingerprint density at radius 2 is 1.91 bits per heavy atom. The normalized spacial score (nSPS) is 16.5. The molecule has 3 aromatic rings. The third-order valence-electron chi connectivity index (χ3n) is 6.13. The second-order valence-electron chi connectivity index (χ2n) is 8.45. The van der Waals surface area contributed by atoms with E-state index in [0.29, 0.717) is 42.3 Å². The molecule has 1 saturated heterocycles. The topological polar surface area (TPSA) is 109 Å². The van der Waals surface area contributed by atoms with Gasteiger partial charge in [-0.15, -0.1) is 11.3 Å². The molecule has 2 aromatic carbocycles. The fourth-order valence-corrected chi connectivity index (χ4v) is 5.95. The van der Waals surface area contributed by atoms with Crippen molar-refractivity contribution >= 4 is 44.0 Å². The Kier molecular flexibility index (Phi) is 7.37. The number of nitrogens with zero attached hydrogens (tertiary/aromatic N) is 2. The molecule has 1 fully saturated rings. The molecule has 1 aromatic heterocycles. The minimum absolute atomic E-state index is 0.0787. The zero-order valence-electron chi connectivity index (χ0n) is 19.3. The summed E-state index contributed by atoms with van der Waals surface area (Å²) in [6.07, 6.45) is 1.47. The molecule has 4 rings (SSSR count). The first-order valence-electron chi connectivity index (χ1n) is 11.0. The van der Waals surface area contributed by atoms with Crippen LogP contribution in [-0.2, 0) is 20.4 Å². The molecule has 0 spiro atoms. The third kappa shape index (κ3) is 5.61. The first kappa shape index (κ1) is 25.4. The average molecular weight is 536 g/mol. The van der Waals surface area contributed by atoms with Gasteiger partial charge in [0.25, 0.3) is 15.9 Å². The van der Waals surface area contributed by atoms with E-state index >= 15 is 0 Å². The van der Waals surface area contributed by atoms with Crippen LogP contribution in [-0.4, -0.2) is 48.5 Å². The van der Waals surface area contributed by atoms with Crippen molar-refractivity contribution in [3.05, 3.63) is 70.2 Å². The van der Waals surface area contributed by atoms with Crippen molar-refractivity contribution in [2.45, 2.75) is 43.3 Å². The van der Waals surface area contributed by atoms with Crippen LogP contribution in [0.15, 0.2) is 58.9 Å². The predicted molar refractivity (Wildman–Crippen MR) is 135 cm³/mol. The molecule has 35 heavy (non-hydrogen) atoms. The Morgan fingerprint density at radius 3 is 2.54 bits per heavy atom. The van der Waals surface area contributed by atoms with E-state index in [2.05, 4.69) is 9.71 Å². The third-order valence-corrected chi connectivity index (χ3v) is 8.71. The maximum absolute atomic E-state index is 12.9. The van der Waals surface area contributed by atoms with E-state index in [4.69, 9.17) is 16.3 Å². The molecule has 1 atom stereocenters. The molecular weight excluding hydrogens is 510 g/mol. The fourth-order valence-electron chi connectivity index (χ4n) is 3.99. The molecule has 0 saturated carbocycles. The smallest absolute Gasteiger partial charge is 0.263 e. The van der Waals surface area contributed by atoms with Gasteiger partial charge in [-0.25, -0.2) is 13.4 Å². The minimum atomic E-state index is -3.77. The van der Waals surface area contributed by atoms with Crippen molar-refractivity contribution < 1.29 is 23.1 Å². The number of carbonyl (C=O) groups is 1. The van der Waals surface area contributed by atoms with Gasteiger partial charge in [0.05, 0.1) is 10.5 Å². The van der Waals surface area contributed by atoms with Gasteiger partial charge in [0, 0.05) is 35.3 Å². The highest BCUT2D eigenvalue weighted by atomic mass is 35.5. The SMILES string of the molecule is Cc1c(Cl)cccc1O[C@@H](C)C(=O)N1CCC(O)(c2ccc(S(=O)(=O)Nc3nccs3)cc2)CC1. The molecule has 0 radical (unpaired) electrons. The van der Waals surface area contributed by atoms with Crippen LogP contribution >= 0.6 is 22.9 Å². The molecule has 0 bridgehead atoms. The number of piperidine rings is 1. The Balaban J connectivity index is 1.38. The molecule has 1 aliphatic rings. The van der Waals surface area contributed by atoms with Crippen LogP contribution in [0.3, 0.4) is 0 Å². The number of halogens is 1. The molecule has 1 aliphatic heterocycles. The molecule has 8 nitrogen and oxygen atoms in total. The summed E-state index contributed by atoms with van der Waals surface area (Å²) in [4.78, 5) is 18.6. The summed E-state index contributed by atoms with van der Waals surface area (Å²) in [5.41, 5.74) is 0.223. The lowest BCUT2D eigenvalue weighted by atomic mass is 9.84. The summed E-state index contributed by atoms with van der Waals surface area (Å²) in [5, 5.41) is 13.8. The number of amides is 1. The lowest BCUT2D eigenvalue weighted by Crippen LogP contribution is -2.49. The van der Waals surface area contributed by atoms with Gasteiger partial charge in [-0.1, -0.05) is 29.8 Å². The number of likely N-dealkylation sites (tertiary alicyclic amines) is 1. The standard InChI is InChI=1S/C24H26ClN3O5S2/c1-16-20(25)4-3-5-21(16)33-17(2)22(29)28-13-10-24(30,11-14-28)18-6-8-19(9-7-18)35(31,32)27-23-26-12-15-34-23/h3-9,12,15,17,30H,10-11,13-14H2,1-2H3,(H,26,27)/t17-/m0/s1. The Bertz CT molecular complexity index is 1290. The van der Waals surface area contributed by atoms with Crippen molar-refractivity contribution in [2.75, 3.05) is 17.8 Å². The Morgan fingerprint density at radius 1 is 1.23 bits per heavy atom. The number of benzene rings is 2. The maximum Gasteiger partial charge on any atom is 0.263 e. The lowest BCUT2D eigenvalue weighted by Gasteiger charge is -2.39. The summed E-state index contributed by atoms with van der Waals surface area (Å²) in [6, 6.07) is 11.5. The molecule has 186 valence electrons. The van der Waals surface area contributed by atoms with E-state index in [1.165, 1.54) is 29.7 Å². The summed E-state index contributed by atoms with van der Waals surface area (Å²) in [7, 11) is -3.77. The van der Waals surface area contributed by atoms with Gasteiger partial charge in [0.15, 0.2) is 11.2 Å². The minimum Gasteiger partial charge on any atom is -0.481 e. The molecular formula is C24H26ClN3O5S2. The number of aromatic nitrogens is 1. The maximum atomic E-state index is 12.9. The van der Waals surface area contributed by atoms with Crippen molar-refractivity contribution in [2.24, 2.45) is 0 Å². The number of aliphatic hydroxyl groups is 1. The number of thiazole rings is 1. The van der Waals surface area contributed by atoms with Crippen LogP contribution in [0, 0.1) is 6.92 Å². The van der Waals surface area contributed by atoms with E-state index in [0.717, 1.165) is 5.56 Å². The lowest BCUT2D eigenvalue weighted by molar-refractivity contribution is -0.142. The van der Waals surface area contributed by atoms with Gasteiger partial charge in [0.1, 0.15) is 5.75 Å². The largest absolute Gasteiger partial charge is 0.481 e. The average Bonchev–Trinajstić information content (AvgIpc) is 3.34. The van der Waals surface area contributed by atoms with Gasteiger partial charge >= 0.3 is 0 Å². The highest BCUT2D eigenvalue weighted by Gasteiger charge is 2.37.